The normalized spacial score (nSPS) is 48.9. The van der Waals surface area contributed by atoms with E-state index in [9.17, 15) is 15.0 Å². The van der Waals surface area contributed by atoms with Gasteiger partial charge in [0.15, 0.2) is 0 Å². The topological polar surface area (TPSA) is 79.9 Å². The van der Waals surface area contributed by atoms with Gasteiger partial charge in [0, 0.05) is 17.8 Å². The largest absolute Gasteiger partial charge is 0.472 e. The van der Waals surface area contributed by atoms with Gasteiger partial charge in [-0.3, -0.25) is 4.79 Å². The van der Waals surface area contributed by atoms with Gasteiger partial charge in [0.1, 0.15) is 6.10 Å². The Morgan fingerprint density at radius 2 is 2.00 bits per heavy atom. The molecule has 0 radical (unpaired) electrons. The molecule has 2 aliphatic carbocycles. The van der Waals surface area contributed by atoms with Crippen LogP contribution in [0.3, 0.4) is 0 Å². The van der Waals surface area contributed by atoms with E-state index in [1.165, 1.54) is 0 Å². The summed E-state index contributed by atoms with van der Waals surface area (Å²) in [5, 5.41) is 23.1. The van der Waals surface area contributed by atoms with Gasteiger partial charge in [-0.05, 0) is 51.2 Å². The molecule has 1 aromatic rings. The molecule has 4 rings (SSSR count). The first-order valence-corrected chi connectivity index (χ1v) is 9.31. The average Bonchev–Trinajstić information content (AvgIpc) is 3.11. The number of ether oxygens (including phenoxy) is 1. The Morgan fingerprint density at radius 1 is 1.24 bits per heavy atom. The van der Waals surface area contributed by atoms with E-state index >= 15 is 0 Å². The number of esters is 1. The number of hydrogen-bond donors (Lipinski definition) is 2. The Hall–Kier alpha value is -1.33. The van der Waals surface area contributed by atoms with Crippen molar-refractivity contribution in [3.8, 4) is 0 Å². The number of aryl methyl sites for hydroxylation is 1. The summed E-state index contributed by atoms with van der Waals surface area (Å²) in [5.41, 5.74) is -2.71. The fraction of sp³-hybridized carbons (Fsp3) is 0.750. The standard InChI is InChI=1S/C20H28O5/c1-17-7-4-8-18(2)15(17)14(25-16(17)21)11-19(3,22)20(18,23)9-5-13-6-10-24-12-13/h6,10,12,14-15,22-23H,4-5,7-9,11H2,1-3H3/t14?,15?,17-,18-,19-,20-/m0/s1. The average molecular weight is 348 g/mol. The molecule has 3 aliphatic rings. The van der Waals surface area contributed by atoms with E-state index in [2.05, 4.69) is 0 Å². The third-order valence-corrected chi connectivity index (χ3v) is 7.65. The van der Waals surface area contributed by atoms with Gasteiger partial charge >= 0.3 is 5.97 Å². The SMILES string of the molecule is C[C@]1(O)CC2OC(=O)[C@@]3(C)CCC[C@@](C)(C23)[C@@]1(O)CCc1ccoc1. The van der Waals surface area contributed by atoms with Crippen molar-refractivity contribution in [2.45, 2.75) is 76.6 Å². The Bertz CT molecular complexity index is 680. The lowest BCUT2D eigenvalue weighted by Crippen LogP contribution is -2.72. The molecule has 2 heterocycles. The predicted molar refractivity (Wildman–Crippen MR) is 90.7 cm³/mol. The quantitative estimate of drug-likeness (QED) is 0.821. The zero-order chi connectivity index (χ0) is 18.1. The number of carbonyl (C=O) groups is 1. The highest BCUT2D eigenvalue weighted by molar-refractivity contribution is 5.80. The Morgan fingerprint density at radius 3 is 2.68 bits per heavy atom. The van der Waals surface area contributed by atoms with Crippen molar-refractivity contribution in [1.29, 1.82) is 0 Å². The number of carbonyl (C=O) groups excluding carboxylic acids is 1. The minimum absolute atomic E-state index is 0.0594. The maximum Gasteiger partial charge on any atom is 0.312 e. The van der Waals surface area contributed by atoms with Crippen LogP contribution in [-0.4, -0.2) is 33.5 Å². The maximum absolute atomic E-state index is 12.6. The van der Waals surface area contributed by atoms with E-state index in [0.29, 0.717) is 12.8 Å². The van der Waals surface area contributed by atoms with Crippen LogP contribution in [0.25, 0.3) is 0 Å². The Balaban J connectivity index is 1.75. The van der Waals surface area contributed by atoms with E-state index in [-0.39, 0.29) is 24.4 Å². The third-order valence-electron chi connectivity index (χ3n) is 7.65. The monoisotopic (exact) mass is 348 g/mol. The molecule has 1 saturated heterocycles. The minimum atomic E-state index is -1.31. The second kappa shape index (κ2) is 5.10. The third kappa shape index (κ3) is 2.05. The lowest BCUT2D eigenvalue weighted by molar-refractivity contribution is -0.280. The van der Waals surface area contributed by atoms with Gasteiger partial charge in [-0.1, -0.05) is 13.3 Å². The van der Waals surface area contributed by atoms with Crippen LogP contribution in [0, 0.1) is 16.7 Å². The molecule has 138 valence electrons. The van der Waals surface area contributed by atoms with Crippen LogP contribution >= 0.6 is 0 Å². The summed E-state index contributed by atoms with van der Waals surface area (Å²) in [6.45, 7) is 5.73. The molecule has 1 aromatic heterocycles. The van der Waals surface area contributed by atoms with E-state index in [4.69, 9.17) is 9.15 Å². The summed E-state index contributed by atoms with van der Waals surface area (Å²) in [6, 6.07) is 1.89. The van der Waals surface area contributed by atoms with Crippen molar-refractivity contribution >= 4 is 5.97 Å². The molecule has 6 atom stereocenters. The molecule has 2 unspecified atom stereocenters. The highest BCUT2D eigenvalue weighted by atomic mass is 16.6. The first-order chi connectivity index (χ1) is 11.6. The zero-order valence-corrected chi connectivity index (χ0v) is 15.2. The summed E-state index contributed by atoms with van der Waals surface area (Å²) in [7, 11) is 0. The maximum atomic E-state index is 12.6. The number of furan rings is 1. The van der Waals surface area contributed by atoms with Crippen molar-refractivity contribution in [1.82, 2.24) is 0 Å². The summed E-state index contributed by atoms with van der Waals surface area (Å²) < 4.78 is 10.8. The molecule has 0 amide bonds. The van der Waals surface area contributed by atoms with Crippen LogP contribution in [0.5, 0.6) is 0 Å². The summed E-state index contributed by atoms with van der Waals surface area (Å²) in [6.07, 6.45) is 6.78. The summed E-state index contributed by atoms with van der Waals surface area (Å²) in [4.78, 5) is 12.6. The minimum Gasteiger partial charge on any atom is -0.472 e. The van der Waals surface area contributed by atoms with Crippen LogP contribution < -0.4 is 0 Å². The number of hydrogen-bond acceptors (Lipinski definition) is 5. The molecule has 1 aliphatic heterocycles. The lowest BCUT2D eigenvalue weighted by Gasteiger charge is -2.63. The van der Waals surface area contributed by atoms with Gasteiger partial charge in [-0.25, -0.2) is 0 Å². The molecule has 0 spiro atoms. The van der Waals surface area contributed by atoms with Gasteiger partial charge in [0.05, 0.1) is 29.1 Å². The molecule has 25 heavy (non-hydrogen) atoms. The molecule has 5 heteroatoms. The summed E-state index contributed by atoms with van der Waals surface area (Å²) >= 11 is 0. The summed E-state index contributed by atoms with van der Waals surface area (Å²) in [5.74, 6) is -0.223. The lowest BCUT2D eigenvalue weighted by atomic mass is 9.43. The second-order valence-corrected chi connectivity index (χ2v) is 9.08. The van der Waals surface area contributed by atoms with Gasteiger partial charge in [0.25, 0.3) is 0 Å². The zero-order valence-electron chi connectivity index (χ0n) is 15.2. The fourth-order valence-electron chi connectivity index (χ4n) is 6.34. The van der Waals surface area contributed by atoms with E-state index in [1.807, 2.05) is 19.9 Å². The molecular formula is C20H28O5. The molecule has 3 fully saturated rings. The number of rotatable bonds is 3. The van der Waals surface area contributed by atoms with E-state index in [0.717, 1.165) is 24.8 Å². The second-order valence-electron chi connectivity index (χ2n) is 9.08. The molecule has 0 bridgehead atoms. The molecule has 2 N–H and O–H groups in total. The Labute approximate surface area is 148 Å². The van der Waals surface area contributed by atoms with Crippen molar-refractivity contribution in [3.05, 3.63) is 24.2 Å². The van der Waals surface area contributed by atoms with E-state index < -0.39 is 22.0 Å². The predicted octanol–water partition coefficient (Wildman–Crippen LogP) is 2.84. The van der Waals surface area contributed by atoms with Crippen LogP contribution in [-0.2, 0) is 16.0 Å². The van der Waals surface area contributed by atoms with Crippen LogP contribution in [0.1, 0.15) is 58.4 Å². The molecule has 0 aromatic carbocycles. The van der Waals surface area contributed by atoms with Crippen LogP contribution in [0.4, 0.5) is 0 Å². The van der Waals surface area contributed by atoms with E-state index in [1.54, 1.807) is 19.5 Å². The Kier molecular flexibility index (Phi) is 3.49. The fourth-order valence-corrected chi connectivity index (χ4v) is 6.34. The molecular weight excluding hydrogens is 320 g/mol. The smallest absolute Gasteiger partial charge is 0.312 e. The first-order valence-electron chi connectivity index (χ1n) is 9.31. The first kappa shape index (κ1) is 17.1. The van der Waals surface area contributed by atoms with Gasteiger partial charge in [0.2, 0.25) is 0 Å². The van der Waals surface area contributed by atoms with Crippen LogP contribution in [0.2, 0.25) is 0 Å². The van der Waals surface area contributed by atoms with Crippen molar-refractivity contribution in [2.75, 3.05) is 0 Å². The highest BCUT2D eigenvalue weighted by Crippen LogP contribution is 2.67. The van der Waals surface area contributed by atoms with Crippen molar-refractivity contribution in [2.24, 2.45) is 16.7 Å². The molecule has 2 saturated carbocycles. The molecule has 5 nitrogen and oxygen atoms in total. The van der Waals surface area contributed by atoms with Gasteiger partial charge < -0.3 is 19.4 Å². The van der Waals surface area contributed by atoms with Gasteiger partial charge in [-0.2, -0.15) is 0 Å². The van der Waals surface area contributed by atoms with Crippen molar-refractivity contribution in [3.63, 3.8) is 0 Å². The highest BCUT2D eigenvalue weighted by Gasteiger charge is 2.74. The number of aliphatic hydroxyl groups is 2. The van der Waals surface area contributed by atoms with Crippen molar-refractivity contribution < 1.29 is 24.2 Å². The van der Waals surface area contributed by atoms with Gasteiger partial charge in [-0.15, -0.1) is 0 Å². The van der Waals surface area contributed by atoms with Crippen LogP contribution in [0.15, 0.2) is 23.0 Å².